The Balaban J connectivity index is 2.28. The Morgan fingerprint density at radius 1 is 1.03 bits per heavy atom. The maximum atomic E-state index is 13.1. The molecule has 2 amide bonds. The molecule has 0 spiro atoms. The summed E-state index contributed by atoms with van der Waals surface area (Å²) < 4.78 is 16.1. The second kappa shape index (κ2) is 11.7. The van der Waals surface area contributed by atoms with Gasteiger partial charge in [0.1, 0.15) is 23.3 Å². The van der Waals surface area contributed by atoms with Crippen molar-refractivity contribution in [2.24, 2.45) is 0 Å². The molecule has 168 valence electrons. The fraction of sp³-hybridized carbons (Fsp3) is 0.364. The average molecular weight is 469 g/mol. The molecule has 0 heterocycles. The number of carbonyl (C=O) groups excluding carboxylic acids is 2. The predicted molar refractivity (Wildman–Crippen MR) is 120 cm³/mol. The Bertz CT molecular complexity index is 880. The highest BCUT2D eigenvalue weighted by atomic mass is 35.5. The molecule has 0 saturated carbocycles. The third-order valence-electron chi connectivity index (χ3n) is 4.71. The number of likely N-dealkylation sites (N-methyl/N-ethyl adjacent to an activating group) is 1. The third kappa shape index (κ3) is 6.42. The standard InChI is InChI=1S/C22H26Cl2N2O5/c1-5-20(22(28)25-2)26(12-17-18(23)7-6-8-19(17)24)21(27)13-31-16-10-14(29-3)9-15(11-16)30-4/h6-11,20H,5,12-13H2,1-4H3,(H,25,28). The number of methoxy groups -OCH3 is 2. The molecule has 1 unspecified atom stereocenters. The van der Waals surface area contributed by atoms with E-state index in [1.807, 2.05) is 6.92 Å². The monoisotopic (exact) mass is 468 g/mol. The van der Waals surface area contributed by atoms with Gasteiger partial charge in [-0.15, -0.1) is 0 Å². The van der Waals surface area contributed by atoms with Crippen molar-refractivity contribution < 1.29 is 23.8 Å². The molecular weight excluding hydrogens is 443 g/mol. The van der Waals surface area contributed by atoms with E-state index in [2.05, 4.69) is 5.32 Å². The lowest BCUT2D eigenvalue weighted by Gasteiger charge is -2.30. The minimum Gasteiger partial charge on any atom is -0.496 e. The number of carbonyl (C=O) groups is 2. The Hall–Kier alpha value is -2.64. The summed E-state index contributed by atoms with van der Waals surface area (Å²) in [5.74, 6) is 0.764. The first-order valence-electron chi connectivity index (χ1n) is 9.64. The van der Waals surface area contributed by atoms with Crippen LogP contribution in [0.15, 0.2) is 36.4 Å². The highest BCUT2D eigenvalue weighted by Gasteiger charge is 2.29. The zero-order valence-corrected chi connectivity index (χ0v) is 19.4. The summed E-state index contributed by atoms with van der Waals surface area (Å²) in [5.41, 5.74) is 0.560. The highest BCUT2D eigenvalue weighted by molar-refractivity contribution is 6.36. The lowest BCUT2D eigenvalue weighted by molar-refractivity contribution is -0.142. The van der Waals surface area contributed by atoms with Gasteiger partial charge in [-0.3, -0.25) is 9.59 Å². The van der Waals surface area contributed by atoms with Crippen LogP contribution >= 0.6 is 23.2 Å². The maximum absolute atomic E-state index is 13.1. The van der Waals surface area contributed by atoms with Crippen LogP contribution in [0.5, 0.6) is 17.2 Å². The molecule has 31 heavy (non-hydrogen) atoms. The molecule has 1 atom stereocenters. The van der Waals surface area contributed by atoms with Crippen molar-refractivity contribution in [3.8, 4) is 17.2 Å². The van der Waals surface area contributed by atoms with E-state index in [4.69, 9.17) is 37.4 Å². The van der Waals surface area contributed by atoms with Crippen molar-refractivity contribution in [3.63, 3.8) is 0 Å². The van der Waals surface area contributed by atoms with E-state index in [0.29, 0.717) is 39.3 Å². The number of benzene rings is 2. The third-order valence-corrected chi connectivity index (χ3v) is 5.42. The van der Waals surface area contributed by atoms with Gasteiger partial charge in [-0.05, 0) is 18.6 Å². The molecule has 0 saturated heterocycles. The molecule has 9 heteroatoms. The molecule has 0 bridgehead atoms. The normalized spacial score (nSPS) is 11.4. The van der Waals surface area contributed by atoms with Crippen molar-refractivity contribution >= 4 is 35.0 Å². The first-order valence-corrected chi connectivity index (χ1v) is 10.4. The van der Waals surface area contributed by atoms with E-state index in [-0.39, 0.29) is 19.1 Å². The molecule has 0 aromatic heterocycles. The number of nitrogens with one attached hydrogen (secondary N) is 1. The quantitative estimate of drug-likeness (QED) is 0.571. The minimum absolute atomic E-state index is 0.0636. The van der Waals surface area contributed by atoms with Crippen LogP contribution in [0.3, 0.4) is 0 Å². The van der Waals surface area contributed by atoms with Crippen molar-refractivity contribution in [1.29, 1.82) is 0 Å². The summed E-state index contributed by atoms with van der Waals surface area (Å²) in [4.78, 5) is 27.0. The minimum atomic E-state index is -0.715. The smallest absolute Gasteiger partial charge is 0.261 e. The van der Waals surface area contributed by atoms with Crippen LogP contribution in [0.2, 0.25) is 10.0 Å². The largest absolute Gasteiger partial charge is 0.496 e. The Labute approximate surface area is 192 Å². The maximum Gasteiger partial charge on any atom is 0.261 e. The topological polar surface area (TPSA) is 77.1 Å². The molecule has 0 radical (unpaired) electrons. The first kappa shape index (κ1) is 24.6. The fourth-order valence-corrected chi connectivity index (χ4v) is 3.55. The average Bonchev–Trinajstić information content (AvgIpc) is 2.78. The second-order valence-corrected chi connectivity index (χ2v) is 7.41. The summed E-state index contributed by atoms with van der Waals surface area (Å²) in [5, 5.41) is 3.42. The van der Waals surface area contributed by atoms with Crippen LogP contribution in [0, 0.1) is 0 Å². The SMILES string of the molecule is CCC(C(=O)NC)N(Cc1c(Cl)cccc1Cl)C(=O)COc1cc(OC)cc(OC)c1. The van der Waals surface area contributed by atoms with Crippen LogP contribution in [-0.4, -0.2) is 50.6 Å². The molecule has 0 aliphatic carbocycles. The molecule has 2 aromatic rings. The van der Waals surface area contributed by atoms with Gasteiger partial charge in [0.15, 0.2) is 6.61 Å². The summed E-state index contributed by atoms with van der Waals surface area (Å²) >= 11 is 12.6. The molecule has 7 nitrogen and oxygen atoms in total. The molecule has 2 aromatic carbocycles. The van der Waals surface area contributed by atoms with Crippen molar-refractivity contribution in [2.75, 3.05) is 27.9 Å². The number of ether oxygens (including phenoxy) is 3. The number of nitrogens with zero attached hydrogens (tertiary/aromatic N) is 1. The lowest BCUT2D eigenvalue weighted by Crippen LogP contribution is -2.49. The summed E-state index contributed by atoms with van der Waals surface area (Å²) in [7, 11) is 4.57. The van der Waals surface area contributed by atoms with Crippen molar-refractivity contribution in [3.05, 3.63) is 52.0 Å². The van der Waals surface area contributed by atoms with Gasteiger partial charge in [-0.2, -0.15) is 0 Å². The van der Waals surface area contributed by atoms with Gasteiger partial charge in [0, 0.05) is 47.4 Å². The van der Waals surface area contributed by atoms with Gasteiger partial charge in [-0.25, -0.2) is 0 Å². The van der Waals surface area contributed by atoms with Crippen LogP contribution in [0.4, 0.5) is 0 Å². The summed E-state index contributed by atoms with van der Waals surface area (Å²) in [6.45, 7) is 1.59. The van der Waals surface area contributed by atoms with Gasteiger partial charge in [-0.1, -0.05) is 36.2 Å². The van der Waals surface area contributed by atoms with E-state index in [0.717, 1.165) is 0 Å². The zero-order chi connectivity index (χ0) is 23.0. The first-order chi connectivity index (χ1) is 14.8. The van der Waals surface area contributed by atoms with Gasteiger partial charge in [0.05, 0.1) is 14.2 Å². The van der Waals surface area contributed by atoms with Crippen LogP contribution in [0.1, 0.15) is 18.9 Å². The number of rotatable bonds is 10. The van der Waals surface area contributed by atoms with Crippen LogP contribution in [-0.2, 0) is 16.1 Å². The number of amides is 2. The van der Waals surface area contributed by atoms with Gasteiger partial charge >= 0.3 is 0 Å². The van der Waals surface area contributed by atoms with E-state index in [1.54, 1.807) is 36.4 Å². The number of hydrogen-bond donors (Lipinski definition) is 1. The van der Waals surface area contributed by atoms with Gasteiger partial charge in [0.25, 0.3) is 5.91 Å². The molecule has 0 aliphatic rings. The molecular formula is C22H26Cl2N2O5. The van der Waals surface area contributed by atoms with Crippen molar-refractivity contribution in [1.82, 2.24) is 10.2 Å². The van der Waals surface area contributed by atoms with E-state index in [9.17, 15) is 9.59 Å². The molecule has 0 aliphatic heterocycles. The van der Waals surface area contributed by atoms with Crippen LogP contribution in [0.25, 0.3) is 0 Å². The van der Waals surface area contributed by atoms with Gasteiger partial charge in [0.2, 0.25) is 5.91 Å². The van der Waals surface area contributed by atoms with Crippen molar-refractivity contribution in [2.45, 2.75) is 25.9 Å². The van der Waals surface area contributed by atoms with E-state index < -0.39 is 11.9 Å². The predicted octanol–water partition coefficient (Wildman–Crippen LogP) is 3.94. The molecule has 1 N–H and O–H groups in total. The van der Waals surface area contributed by atoms with Gasteiger partial charge < -0.3 is 24.4 Å². The number of halogens is 2. The Kier molecular flexibility index (Phi) is 9.27. The van der Waals surface area contributed by atoms with Crippen LogP contribution < -0.4 is 19.5 Å². The second-order valence-electron chi connectivity index (χ2n) is 6.60. The summed E-state index contributed by atoms with van der Waals surface area (Å²) in [6.07, 6.45) is 0.403. The summed E-state index contributed by atoms with van der Waals surface area (Å²) in [6, 6.07) is 9.35. The highest BCUT2D eigenvalue weighted by Crippen LogP contribution is 2.29. The van der Waals surface area contributed by atoms with E-state index >= 15 is 0 Å². The Morgan fingerprint density at radius 2 is 1.58 bits per heavy atom. The zero-order valence-electron chi connectivity index (χ0n) is 17.9. The fourth-order valence-electron chi connectivity index (χ4n) is 3.03. The molecule has 0 fully saturated rings. The lowest BCUT2D eigenvalue weighted by atomic mass is 10.1. The van der Waals surface area contributed by atoms with E-state index in [1.165, 1.54) is 26.2 Å². The molecule has 2 rings (SSSR count). The number of hydrogen-bond acceptors (Lipinski definition) is 5. The Morgan fingerprint density at radius 3 is 2.06 bits per heavy atom.